The molecule has 0 bridgehead atoms. The van der Waals surface area contributed by atoms with Crippen molar-refractivity contribution in [3.05, 3.63) is 40.9 Å². The Bertz CT molecular complexity index is 561. The third-order valence-corrected chi connectivity index (χ3v) is 3.59. The van der Waals surface area contributed by atoms with E-state index in [9.17, 15) is 4.39 Å². The lowest BCUT2D eigenvalue weighted by Crippen LogP contribution is -2.20. The van der Waals surface area contributed by atoms with Crippen molar-refractivity contribution in [1.29, 1.82) is 0 Å². The average molecular weight is 310 g/mol. The first-order chi connectivity index (χ1) is 8.74. The van der Waals surface area contributed by atoms with Gasteiger partial charge in [-0.05, 0) is 47.0 Å². The minimum Gasteiger partial charge on any atom is -0.370 e. The van der Waals surface area contributed by atoms with Gasteiger partial charge in [0, 0.05) is 19.3 Å². The Labute approximate surface area is 113 Å². The second kappa shape index (κ2) is 4.72. The van der Waals surface area contributed by atoms with Crippen LogP contribution in [0.1, 0.15) is 12.8 Å². The summed E-state index contributed by atoms with van der Waals surface area (Å²) in [5, 5.41) is 4.27. The highest BCUT2D eigenvalue weighted by atomic mass is 79.9. The zero-order valence-electron chi connectivity index (χ0n) is 9.81. The van der Waals surface area contributed by atoms with E-state index in [0.717, 1.165) is 28.9 Å². The summed E-state index contributed by atoms with van der Waals surface area (Å²) in [6.45, 7) is 1.97. The molecule has 3 nitrogen and oxygen atoms in total. The molecule has 1 aromatic carbocycles. The van der Waals surface area contributed by atoms with Crippen molar-refractivity contribution in [3.8, 4) is 5.69 Å². The van der Waals surface area contributed by atoms with Gasteiger partial charge in [0.2, 0.25) is 0 Å². The number of hydrogen-bond donors (Lipinski definition) is 0. The molecule has 94 valence electrons. The van der Waals surface area contributed by atoms with Crippen molar-refractivity contribution in [2.24, 2.45) is 0 Å². The van der Waals surface area contributed by atoms with E-state index >= 15 is 0 Å². The summed E-state index contributed by atoms with van der Waals surface area (Å²) in [4.78, 5) is 2.22. The maximum Gasteiger partial charge on any atom is 0.125 e. The molecule has 2 aromatic rings. The van der Waals surface area contributed by atoms with Crippen molar-refractivity contribution in [1.82, 2.24) is 9.78 Å². The van der Waals surface area contributed by atoms with Crippen LogP contribution in [-0.2, 0) is 0 Å². The highest BCUT2D eigenvalue weighted by Crippen LogP contribution is 2.28. The molecular formula is C13H13BrFN3. The summed E-state index contributed by atoms with van der Waals surface area (Å²) in [5.41, 5.74) is 1.84. The van der Waals surface area contributed by atoms with Crippen LogP contribution in [0.5, 0.6) is 0 Å². The molecule has 0 unspecified atom stereocenters. The predicted octanol–water partition coefficient (Wildman–Crippen LogP) is 3.37. The van der Waals surface area contributed by atoms with Crippen LogP contribution in [0.15, 0.2) is 35.1 Å². The Kier molecular flexibility index (Phi) is 3.07. The van der Waals surface area contributed by atoms with Crippen LogP contribution < -0.4 is 4.90 Å². The number of halogens is 2. The minimum atomic E-state index is -0.202. The summed E-state index contributed by atoms with van der Waals surface area (Å²) < 4.78 is 16.1. The van der Waals surface area contributed by atoms with Gasteiger partial charge in [0.05, 0.1) is 22.0 Å². The van der Waals surface area contributed by atoms with Gasteiger partial charge in [-0.3, -0.25) is 0 Å². The number of rotatable bonds is 2. The first-order valence-corrected chi connectivity index (χ1v) is 6.78. The third kappa shape index (κ3) is 2.14. The average Bonchev–Trinajstić information content (AvgIpc) is 2.99. The molecule has 1 fully saturated rings. The van der Waals surface area contributed by atoms with E-state index in [2.05, 4.69) is 25.9 Å². The van der Waals surface area contributed by atoms with Gasteiger partial charge in [-0.2, -0.15) is 5.10 Å². The molecule has 18 heavy (non-hydrogen) atoms. The van der Waals surface area contributed by atoms with E-state index in [1.54, 1.807) is 23.0 Å². The normalized spacial score (nSPS) is 15.3. The lowest BCUT2D eigenvalue weighted by atomic mass is 10.2. The van der Waals surface area contributed by atoms with Gasteiger partial charge in [0.15, 0.2) is 0 Å². The lowest BCUT2D eigenvalue weighted by Gasteiger charge is -2.21. The zero-order chi connectivity index (χ0) is 12.5. The van der Waals surface area contributed by atoms with Crippen LogP contribution >= 0.6 is 15.9 Å². The van der Waals surface area contributed by atoms with Crippen LogP contribution in [0.2, 0.25) is 0 Å². The van der Waals surface area contributed by atoms with E-state index in [0.29, 0.717) is 0 Å². The molecule has 0 saturated carbocycles. The quantitative estimate of drug-likeness (QED) is 0.848. The van der Waals surface area contributed by atoms with E-state index in [1.807, 2.05) is 6.20 Å². The van der Waals surface area contributed by atoms with Crippen LogP contribution in [0.4, 0.5) is 10.1 Å². The molecule has 0 spiro atoms. The molecule has 0 radical (unpaired) electrons. The molecule has 0 N–H and O–H groups in total. The van der Waals surface area contributed by atoms with Crippen LogP contribution in [0.25, 0.3) is 5.69 Å². The first kappa shape index (κ1) is 11.7. The first-order valence-electron chi connectivity index (χ1n) is 5.99. The van der Waals surface area contributed by atoms with E-state index in [1.165, 1.54) is 18.9 Å². The van der Waals surface area contributed by atoms with Crippen molar-refractivity contribution < 1.29 is 4.39 Å². The number of benzene rings is 1. The maximum atomic E-state index is 13.5. The second-order valence-electron chi connectivity index (χ2n) is 4.43. The van der Waals surface area contributed by atoms with Crippen molar-refractivity contribution in [2.75, 3.05) is 18.0 Å². The molecule has 5 heteroatoms. The summed E-state index contributed by atoms with van der Waals surface area (Å²) in [6.07, 6.45) is 5.95. The zero-order valence-corrected chi connectivity index (χ0v) is 11.4. The highest BCUT2D eigenvalue weighted by molar-refractivity contribution is 9.10. The highest BCUT2D eigenvalue weighted by Gasteiger charge is 2.17. The summed E-state index contributed by atoms with van der Waals surface area (Å²) >= 11 is 3.38. The van der Waals surface area contributed by atoms with Gasteiger partial charge in [-0.25, -0.2) is 9.07 Å². The summed E-state index contributed by atoms with van der Waals surface area (Å²) in [5.74, 6) is -0.202. The Morgan fingerprint density at radius 1 is 1.17 bits per heavy atom. The van der Waals surface area contributed by atoms with E-state index < -0.39 is 0 Å². The predicted molar refractivity (Wildman–Crippen MR) is 72.7 cm³/mol. The number of hydrogen-bond acceptors (Lipinski definition) is 2. The third-order valence-electron chi connectivity index (χ3n) is 3.18. The largest absolute Gasteiger partial charge is 0.370 e. The number of aromatic nitrogens is 2. The van der Waals surface area contributed by atoms with Gasteiger partial charge < -0.3 is 4.90 Å². The Balaban J connectivity index is 2.07. The van der Waals surface area contributed by atoms with Crippen LogP contribution in [-0.4, -0.2) is 22.9 Å². The fraction of sp³-hybridized carbons (Fsp3) is 0.308. The molecule has 0 amide bonds. The summed E-state index contributed by atoms with van der Waals surface area (Å²) in [7, 11) is 0. The van der Waals surface area contributed by atoms with Crippen molar-refractivity contribution in [3.63, 3.8) is 0 Å². The Morgan fingerprint density at radius 2 is 1.94 bits per heavy atom. The lowest BCUT2D eigenvalue weighted by molar-refractivity contribution is 0.626. The van der Waals surface area contributed by atoms with Gasteiger partial charge in [-0.15, -0.1) is 0 Å². The molecular weight excluding hydrogens is 297 g/mol. The Morgan fingerprint density at radius 3 is 2.61 bits per heavy atom. The topological polar surface area (TPSA) is 21.1 Å². The molecule has 1 saturated heterocycles. The van der Waals surface area contributed by atoms with Gasteiger partial charge in [0.1, 0.15) is 5.82 Å². The fourth-order valence-corrected chi connectivity index (χ4v) is 2.62. The second-order valence-corrected chi connectivity index (χ2v) is 5.35. The molecule has 1 aliphatic heterocycles. The van der Waals surface area contributed by atoms with Crippen LogP contribution in [0, 0.1) is 5.82 Å². The van der Waals surface area contributed by atoms with Crippen molar-refractivity contribution in [2.45, 2.75) is 12.8 Å². The Hall–Kier alpha value is -1.36. The molecule has 1 aromatic heterocycles. The number of anilines is 1. The van der Waals surface area contributed by atoms with Gasteiger partial charge in [0.25, 0.3) is 0 Å². The SMILES string of the molecule is Fc1ccc(-n2cc(Br)cn2)c(N2CCCC2)c1. The monoisotopic (exact) mass is 309 g/mol. The standard InChI is InChI=1S/C13H13BrFN3/c14-10-8-16-18(9-10)12-4-3-11(15)7-13(12)17-5-1-2-6-17/h3-4,7-9H,1-2,5-6H2. The van der Waals surface area contributed by atoms with Crippen molar-refractivity contribution >= 4 is 21.6 Å². The number of nitrogens with zero attached hydrogens (tertiary/aromatic N) is 3. The molecule has 0 atom stereocenters. The molecule has 0 aliphatic carbocycles. The van der Waals surface area contributed by atoms with E-state index in [-0.39, 0.29) is 5.82 Å². The van der Waals surface area contributed by atoms with E-state index in [4.69, 9.17) is 0 Å². The maximum absolute atomic E-state index is 13.5. The van der Waals surface area contributed by atoms with Gasteiger partial charge in [-0.1, -0.05) is 0 Å². The molecule has 3 rings (SSSR count). The minimum absolute atomic E-state index is 0.202. The smallest absolute Gasteiger partial charge is 0.125 e. The van der Waals surface area contributed by atoms with Gasteiger partial charge >= 0.3 is 0 Å². The molecule has 1 aliphatic rings. The summed E-state index contributed by atoms with van der Waals surface area (Å²) in [6, 6.07) is 4.85. The fourth-order valence-electron chi connectivity index (χ4n) is 2.33. The molecule has 2 heterocycles. The van der Waals surface area contributed by atoms with Crippen LogP contribution in [0.3, 0.4) is 0 Å².